The Morgan fingerprint density at radius 3 is 1.85 bits per heavy atom. The molecule has 0 saturated heterocycles. The van der Waals surface area contributed by atoms with Gasteiger partial charge in [-0.2, -0.15) is 0 Å². The topological polar surface area (TPSA) is 17.1 Å². The minimum atomic E-state index is -2.74. The third-order valence-corrected chi connectivity index (χ3v) is 8.76. The van der Waals surface area contributed by atoms with Gasteiger partial charge in [0.2, 0.25) is 0 Å². The van der Waals surface area contributed by atoms with Gasteiger partial charge in [0.1, 0.15) is 0 Å². The van der Waals surface area contributed by atoms with Crippen LogP contribution >= 0.6 is 29.8 Å². The number of benzene rings is 1. The smallest absolute Gasteiger partial charge is 0.173 e. The van der Waals surface area contributed by atoms with Gasteiger partial charge < -0.3 is 4.57 Å². The second-order valence-corrected chi connectivity index (χ2v) is 9.21. The molecule has 0 spiro atoms. The fourth-order valence-corrected chi connectivity index (χ4v) is 8.00. The summed E-state index contributed by atoms with van der Waals surface area (Å²) in [4.78, 5) is 2.22. The Labute approximate surface area is 125 Å². The molecule has 4 heteroatoms. The molecule has 1 aliphatic rings. The highest BCUT2D eigenvalue weighted by atomic mass is 32.1. The number of hydrogen-bond acceptors (Lipinski definition) is 3. The Morgan fingerprint density at radius 2 is 1.30 bits per heavy atom. The quantitative estimate of drug-likeness (QED) is 0.487. The number of rotatable bonds is 1. The fraction of sp³-hybridized carbons (Fsp3) is 0. The van der Waals surface area contributed by atoms with Crippen LogP contribution in [0.2, 0.25) is 0 Å². The van der Waals surface area contributed by atoms with Crippen molar-refractivity contribution in [1.82, 2.24) is 0 Å². The maximum Gasteiger partial charge on any atom is 0.173 e. The van der Waals surface area contributed by atoms with Crippen LogP contribution in [0.5, 0.6) is 0 Å². The average molecular weight is 314 g/mol. The summed E-state index contributed by atoms with van der Waals surface area (Å²) in [6.07, 6.45) is 4.19. The molecule has 98 valence electrons. The zero-order valence-corrected chi connectivity index (χ0v) is 13.1. The molecule has 0 saturated carbocycles. The van der Waals surface area contributed by atoms with Crippen LogP contribution in [0.4, 0.5) is 0 Å². The van der Waals surface area contributed by atoms with E-state index in [2.05, 4.69) is 12.2 Å². The van der Waals surface area contributed by atoms with Crippen molar-refractivity contribution >= 4 is 57.9 Å². The molecule has 20 heavy (non-hydrogen) atoms. The second kappa shape index (κ2) is 4.56. The maximum atomic E-state index is 14.0. The zero-order chi connectivity index (χ0) is 13.6. The highest BCUT2D eigenvalue weighted by Gasteiger charge is 2.35. The normalized spacial score (nSPS) is 15.4. The third-order valence-electron chi connectivity index (χ3n) is 3.53. The van der Waals surface area contributed by atoms with Crippen LogP contribution in [-0.4, -0.2) is 0 Å². The lowest BCUT2D eigenvalue weighted by Gasteiger charge is -2.18. The van der Waals surface area contributed by atoms with Crippen LogP contribution in [0.1, 0.15) is 9.75 Å². The van der Waals surface area contributed by atoms with Crippen LogP contribution < -0.4 is 15.9 Å². The summed E-state index contributed by atoms with van der Waals surface area (Å²) in [5, 5.41) is 6.93. The van der Waals surface area contributed by atoms with E-state index >= 15 is 0 Å². The highest BCUT2D eigenvalue weighted by molar-refractivity contribution is 7.86. The van der Waals surface area contributed by atoms with E-state index in [1.807, 2.05) is 53.2 Å². The van der Waals surface area contributed by atoms with E-state index in [0.29, 0.717) is 0 Å². The number of thiophene rings is 2. The number of hydrogen-bond donors (Lipinski definition) is 0. The molecule has 0 fully saturated rings. The van der Waals surface area contributed by atoms with Crippen molar-refractivity contribution in [2.45, 2.75) is 0 Å². The van der Waals surface area contributed by atoms with E-state index in [4.69, 9.17) is 0 Å². The molecule has 0 amide bonds. The van der Waals surface area contributed by atoms with Gasteiger partial charge in [-0.05, 0) is 35.0 Å². The Morgan fingerprint density at radius 1 is 0.750 bits per heavy atom. The lowest BCUT2D eigenvalue weighted by Crippen LogP contribution is -2.24. The summed E-state index contributed by atoms with van der Waals surface area (Å²) >= 11 is 3.31. The van der Waals surface area contributed by atoms with Gasteiger partial charge in [0.05, 0.1) is 0 Å². The molecule has 4 rings (SSSR count). The summed E-state index contributed by atoms with van der Waals surface area (Å²) in [5.74, 6) is 0. The van der Waals surface area contributed by atoms with Gasteiger partial charge in [-0.3, -0.25) is 0 Å². The summed E-state index contributed by atoms with van der Waals surface area (Å²) in [7, 11) is -2.74. The van der Waals surface area contributed by atoms with Crippen LogP contribution in [0.3, 0.4) is 0 Å². The van der Waals surface area contributed by atoms with E-state index in [0.717, 1.165) is 25.7 Å². The zero-order valence-electron chi connectivity index (χ0n) is 10.5. The first-order chi connectivity index (χ1) is 9.80. The highest BCUT2D eigenvalue weighted by Crippen LogP contribution is 2.48. The van der Waals surface area contributed by atoms with Gasteiger partial charge >= 0.3 is 0 Å². The molecule has 3 heterocycles. The summed E-state index contributed by atoms with van der Waals surface area (Å²) in [6, 6.07) is 13.9. The van der Waals surface area contributed by atoms with Gasteiger partial charge in [0, 0.05) is 25.7 Å². The van der Waals surface area contributed by atoms with Crippen molar-refractivity contribution in [1.29, 1.82) is 0 Å². The van der Waals surface area contributed by atoms with Crippen molar-refractivity contribution in [2.24, 2.45) is 0 Å². The summed E-state index contributed by atoms with van der Waals surface area (Å²) in [6.45, 7) is 0. The first kappa shape index (κ1) is 12.3. The summed E-state index contributed by atoms with van der Waals surface area (Å²) < 4.78 is 14.0. The first-order valence-electron chi connectivity index (χ1n) is 6.30. The molecular weight excluding hydrogens is 303 g/mol. The molecule has 0 atom stereocenters. The van der Waals surface area contributed by atoms with Crippen molar-refractivity contribution in [3.63, 3.8) is 0 Å². The molecular formula is C16H11OPS2. The lowest BCUT2D eigenvalue weighted by molar-refractivity contribution is 0.592. The monoisotopic (exact) mass is 314 g/mol. The average Bonchev–Trinajstić information content (AvgIpc) is 3.13. The van der Waals surface area contributed by atoms with E-state index in [1.165, 1.54) is 0 Å². The van der Waals surface area contributed by atoms with Gasteiger partial charge in [0.15, 0.2) is 7.14 Å². The SMILES string of the molecule is O=P1(c2ccccc2)c2ccsc2C=Cc2sccc21. The fourth-order valence-electron chi connectivity index (χ4n) is 2.60. The van der Waals surface area contributed by atoms with Crippen LogP contribution in [-0.2, 0) is 4.57 Å². The predicted molar refractivity (Wildman–Crippen MR) is 90.5 cm³/mol. The number of fused-ring (bicyclic) bond motifs is 2. The van der Waals surface area contributed by atoms with Crippen molar-refractivity contribution < 1.29 is 4.57 Å². The Bertz CT molecular complexity index is 794. The minimum Gasteiger partial charge on any atom is -0.309 e. The van der Waals surface area contributed by atoms with E-state index in [1.54, 1.807) is 22.7 Å². The van der Waals surface area contributed by atoms with Gasteiger partial charge in [-0.15, -0.1) is 22.7 Å². The van der Waals surface area contributed by atoms with Crippen molar-refractivity contribution in [3.8, 4) is 0 Å². The maximum absolute atomic E-state index is 14.0. The minimum absolute atomic E-state index is 0.919. The Hall–Kier alpha value is -1.41. The molecule has 3 aromatic rings. The molecule has 2 aromatic heterocycles. The molecule has 1 nitrogen and oxygen atoms in total. The van der Waals surface area contributed by atoms with E-state index in [-0.39, 0.29) is 0 Å². The van der Waals surface area contributed by atoms with Crippen LogP contribution in [0, 0.1) is 0 Å². The summed E-state index contributed by atoms with van der Waals surface area (Å²) in [5.41, 5.74) is 0. The van der Waals surface area contributed by atoms with E-state index in [9.17, 15) is 4.57 Å². The molecule has 0 bridgehead atoms. The van der Waals surface area contributed by atoms with Crippen LogP contribution in [0.15, 0.2) is 53.2 Å². The molecule has 0 aliphatic carbocycles. The van der Waals surface area contributed by atoms with Crippen molar-refractivity contribution in [3.05, 3.63) is 63.0 Å². The Kier molecular flexibility index (Phi) is 2.81. The predicted octanol–water partition coefficient (Wildman–Crippen LogP) is 3.93. The van der Waals surface area contributed by atoms with Gasteiger partial charge in [0.25, 0.3) is 0 Å². The first-order valence-corrected chi connectivity index (χ1v) is 9.76. The van der Waals surface area contributed by atoms with Crippen LogP contribution in [0.25, 0.3) is 12.2 Å². The van der Waals surface area contributed by atoms with Crippen molar-refractivity contribution in [2.75, 3.05) is 0 Å². The molecule has 0 radical (unpaired) electrons. The standard InChI is InChI=1S/C16H11OPS2/c17-18(12-4-2-1-3-5-12)13-8-10-19-15(13)6-7-16-14(18)9-11-20-16/h1-11H. The van der Waals surface area contributed by atoms with Gasteiger partial charge in [-0.1, -0.05) is 30.3 Å². The molecule has 1 aromatic carbocycles. The second-order valence-electron chi connectivity index (χ2n) is 4.62. The Balaban J connectivity index is 2.11. The van der Waals surface area contributed by atoms with E-state index < -0.39 is 7.14 Å². The molecule has 1 aliphatic heterocycles. The third kappa shape index (κ3) is 1.64. The molecule has 0 N–H and O–H groups in total. The lowest BCUT2D eigenvalue weighted by atomic mass is 10.4. The largest absolute Gasteiger partial charge is 0.309 e. The van der Waals surface area contributed by atoms with Gasteiger partial charge in [-0.25, -0.2) is 0 Å². The molecule has 0 unspecified atom stereocenters.